The standard InChI is InChI=1S/C33H46NO3/c1-6-7-8-9-24-10-12-25(13-11-24)26-14-16-27(17-15-26)28-18-20-29(21-19-28)31(35)37-30-22-32(2,3)34(36)33(4,5)23-30/h14-21,24-25,30H,6-13,22-23H2,1-5H3. The van der Waals surface area contributed by atoms with E-state index in [1.165, 1.54) is 62.5 Å². The molecule has 1 aliphatic carbocycles. The zero-order chi connectivity index (χ0) is 26.6. The number of piperidine rings is 1. The SMILES string of the molecule is CCCCCC1CCC(c2ccc(-c3ccc(C(=O)OC4CC(C)(C)N([O])C(C)(C)C4)cc3)cc2)CC1. The van der Waals surface area contributed by atoms with Gasteiger partial charge in [0.2, 0.25) is 0 Å². The number of rotatable bonds is 8. The molecule has 0 atom stereocenters. The quantitative estimate of drug-likeness (QED) is 0.267. The van der Waals surface area contributed by atoms with Gasteiger partial charge in [-0.15, -0.1) is 10.3 Å². The van der Waals surface area contributed by atoms with Crippen LogP contribution in [0.5, 0.6) is 0 Å². The van der Waals surface area contributed by atoms with E-state index in [0.717, 1.165) is 16.5 Å². The average Bonchev–Trinajstić information content (AvgIpc) is 2.88. The van der Waals surface area contributed by atoms with E-state index in [4.69, 9.17) is 4.74 Å². The topological polar surface area (TPSA) is 49.4 Å². The third kappa shape index (κ3) is 6.83. The lowest BCUT2D eigenvalue weighted by Crippen LogP contribution is -2.60. The Bertz CT molecular complexity index is 999. The molecule has 4 rings (SSSR count). The minimum Gasteiger partial charge on any atom is -0.459 e. The third-order valence-corrected chi connectivity index (χ3v) is 8.73. The van der Waals surface area contributed by atoms with Crippen LogP contribution in [-0.4, -0.2) is 28.2 Å². The number of unbranched alkanes of at least 4 members (excludes halogenated alkanes) is 2. The zero-order valence-electron chi connectivity index (χ0n) is 23.6. The van der Waals surface area contributed by atoms with Crippen molar-refractivity contribution in [2.75, 3.05) is 0 Å². The number of hydrogen-bond donors (Lipinski definition) is 0. The Balaban J connectivity index is 1.32. The van der Waals surface area contributed by atoms with Gasteiger partial charge in [-0.3, -0.25) is 0 Å². The summed E-state index contributed by atoms with van der Waals surface area (Å²) in [5, 5.41) is 13.7. The maximum Gasteiger partial charge on any atom is 0.338 e. The first kappa shape index (κ1) is 27.9. The van der Waals surface area contributed by atoms with E-state index >= 15 is 0 Å². The lowest BCUT2D eigenvalue weighted by Gasteiger charge is -2.49. The molecule has 0 unspecified atom stereocenters. The summed E-state index contributed by atoms with van der Waals surface area (Å²) in [6.07, 6.45) is 11.7. The van der Waals surface area contributed by atoms with Crippen molar-refractivity contribution < 1.29 is 14.7 Å². The Hall–Kier alpha value is -2.17. The number of hydroxylamine groups is 2. The Kier molecular flexibility index (Phi) is 8.81. The van der Waals surface area contributed by atoms with Gasteiger partial charge in [0.25, 0.3) is 0 Å². The van der Waals surface area contributed by atoms with Gasteiger partial charge in [-0.05, 0) is 94.0 Å². The van der Waals surface area contributed by atoms with Gasteiger partial charge in [0.15, 0.2) is 0 Å². The van der Waals surface area contributed by atoms with Gasteiger partial charge in [-0.1, -0.05) is 69.0 Å². The van der Waals surface area contributed by atoms with E-state index in [-0.39, 0.29) is 12.1 Å². The second kappa shape index (κ2) is 11.7. The summed E-state index contributed by atoms with van der Waals surface area (Å²) in [6, 6.07) is 16.7. The van der Waals surface area contributed by atoms with Crippen LogP contribution in [0.1, 0.15) is 121 Å². The predicted octanol–water partition coefficient (Wildman–Crippen LogP) is 8.73. The molecule has 37 heavy (non-hydrogen) atoms. The van der Waals surface area contributed by atoms with Crippen molar-refractivity contribution in [2.45, 2.75) is 122 Å². The number of carbonyl (C=O) groups excluding carboxylic acids is 1. The monoisotopic (exact) mass is 504 g/mol. The molecule has 1 heterocycles. The molecule has 1 saturated carbocycles. The molecule has 0 N–H and O–H groups in total. The van der Waals surface area contributed by atoms with Gasteiger partial charge in [0, 0.05) is 23.9 Å². The van der Waals surface area contributed by atoms with E-state index < -0.39 is 11.1 Å². The summed E-state index contributed by atoms with van der Waals surface area (Å²) < 4.78 is 5.86. The largest absolute Gasteiger partial charge is 0.459 e. The first-order valence-electron chi connectivity index (χ1n) is 14.5. The summed E-state index contributed by atoms with van der Waals surface area (Å²) in [4.78, 5) is 12.9. The van der Waals surface area contributed by atoms with Crippen LogP contribution in [0, 0.1) is 5.92 Å². The smallest absolute Gasteiger partial charge is 0.338 e. The van der Waals surface area contributed by atoms with Crippen LogP contribution in [0.2, 0.25) is 0 Å². The van der Waals surface area contributed by atoms with Gasteiger partial charge in [0.05, 0.1) is 5.56 Å². The maximum atomic E-state index is 12.9. The molecule has 2 fully saturated rings. The van der Waals surface area contributed by atoms with Crippen LogP contribution in [0.3, 0.4) is 0 Å². The summed E-state index contributed by atoms with van der Waals surface area (Å²) in [5.41, 5.74) is 3.17. The van der Waals surface area contributed by atoms with E-state index in [0.29, 0.717) is 24.3 Å². The van der Waals surface area contributed by atoms with Crippen LogP contribution < -0.4 is 0 Å². The van der Waals surface area contributed by atoms with E-state index in [2.05, 4.69) is 31.2 Å². The molecule has 2 aliphatic rings. The molecule has 0 amide bonds. The van der Waals surface area contributed by atoms with E-state index in [1.807, 2.05) is 52.0 Å². The van der Waals surface area contributed by atoms with Crippen molar-refractivity contribution in [3.05, 3.63) is 59.7 Å². The van der Waals surface area contributed by atoms with Crippen molar-refractivity contribution in [3.8, 4) is 11.1 Å². The molecular formula is C33H46NO3. The molecular weight excluding hydrogens is 458 g/mol. The second-order valence-corrected chi connectivity index (χ2v) is 12.8. The van der Waals surface area contributed by atoms with Crippen molar-refractivity contribution in [1.29, 1.82) is 0 Å². The number of hydrogen-bond acceptors (Lipinski definition) is 3. The molecule has 4 nitrogen and oxygen atoms in total. The highest BCUT2D eigenvalue weighted by molar-refractivity contribution is 5.90. The number of benzene rings is 2. The number of carbonyl (C=O) groups is 1. The van der Waals surface area contributed by atoms with Crippen LogP contribution in [-0.2, 0) is 9.94 Å². The molecule has 1 aliphatic heterocycles. The van der Waals surface area contributed by atoms with E-state index in [9.17, 15) is 10.0 Å². The normalized spacial score (nSPS) is 24.1. The highest BCUT2D eigenvalue weighted by Crippen LogP contribution is 2.39. The molecule has 2 aromatic rings. The molecule has 4 heteroatoms. The molecule has 1 saturated heterocycles. The summed E-state index contributed by atoms with van der Waals surface area (Å²) >= 11 is 0. The highest BCUT2D eigenvalue weighted by atomic mass is 16.5. The molecule has 2 aromatic carbocycles. The minimum absolute atomic E-state index is 0.263. The summed E-state index contributed by atoms with van der Waals surface area (Å²) in [6.45, 7) is 9.96. The van der Waals surface area contributed by atoms with Crippen LogP contribution in [0.25, 0.3) is 11.1 Å². The Labute approximate surface area is 224 Å². The van der Waals surface area contributed by atoms with Crippen LogP contribution >= 0.6 is 0 Å². The number of ether oxygens (including phenoxy) is 1. The predicted molar refractivity (Wildman–Crippen MR) is 150 cm³/mol. The molecule has 1 radical (unpaired) electrons. The third-order valence-electron chi connectivity index (χ3n) is 8.73. The lowest BCUT2D eigenvalue weighted by molar-refractivity contribution is -0.298. The van der Waals surface area contributed by atoms with E-state index in [1.54, 1.807) is 0 Å². The second-order valence-electron chi connectivity index (χ2n) is 12.8. The van der Waals surface area contributed by atoms with Crippen molar-refractivity contribution in [1.82, 2.24) is 5.06 Å². The fourth-order valence-corrected chi connectivity index (χ4v) is 6.69. The van der Waals surface area contributed by atoms with Gasteiger partial charge in [-0.2, -0.15) is 0 Å². The van der Waals surface area contributed by atoms with Crippen molar-refractivity contribution >= 4 is 5.97 Å². The lowest BCUT2D eigenvalue weighted by atomic mass is 9.77. The fourth-order valence-electron chi connectivity index (χ4n) is 6.69. The number of esters is 1. The van der Waals surface area contributed by atoms with Crippen molar-refractivity contribution in [2.24, 2.45) is 5.92 Å². The van der Waals surface area contributed by atoms with Gasteiger partial charge in [0.1, 0.15) is 6.10 Å². The number of nitrogens with zero attached hydrogens (tertiary/aromatic N) is 1. The summed E-state index contributed by atoms with van der Waals surface area (Å²) in [5.74, 6) is 1.31. The first-order valence-corrected chi connectivity index (χ1v) is 14.5. The van der Waals surface area contributed by atoms with Crippen LogP contribution in [0.15, 0.2) is 48.5 Å². The van der Waals surface area contributed by atoms with Gasteiger partial charge in [-0.25, -0.2) is 4.79 Å². The molecule has 0 bridgehead atoms. The molecule has 201 valence electrons. The van der Waals surface area contributed by atoms with Crippen molar-refractivity contribution in [3.63, 3.8) is 0 Å². The average molecular weight is 505 g/mol. The zero-order valence-corrected chi connectivity index (χ0v) is 23.6. The fraction of sp³-hybridized carbons (Fsp3) is 0.606. The molecule has 0 aromatic heterocycles. The Morgan fingerprint density at radius 2 is 1.38 bits per heavy atom. The first-order chi connectivity index (χ1) is 17.6. The van der Waals surface area contributed by atoms with Gasteiger partial charge >= 0.3 is 5.97 Å². The van der Waals surface area contributed by atoms with Crippen LogP contribution in [0.4, 0.5) is 0 Å². The summed E-state index contributed by atoms with van der Waals surface area (Å²) in [7, 11) is 0. The van der Waals surface area contributed by atoms with Gasteiger partial charge < -0.3 is 4.74 Å². The maximum absolute atomic E-state index is 12.9. The highest BCUT2D eigenvalue weighted by Gasteiger charge is 2.47. The Morgan fingerprint density at radius 1 is 0.838 bits per heavy atom. The molecule has 0 spiro atoms. The Morgan fingerprint density at radius 3 is 1.92 bits per heavy atom. The minimum atomic E-state index is -0.559.